The van der Waals surface area contributed by atoms with E-state index >= 15 is 0 Å². The van der Waals surface area contributed by atoms with Crippen molar-refractivity contribution < 1.29 is 23.5 Å². The van der Waals surface area contributed by atoms with Gasteiger partial charge in [0.05, 0.1) is 6.54 Å². The number of carbonyl (C=O) groups excluding carboxylic acids is 3. The van der Waals surface area contributed by atoms with Gasteiger partial charge < -0.3 is 9.15 Å². The van der Waals surface area contributed by atoms with Crippen molar-refractivity contribution in [3.63, 3.8) is 0 Å². The van der Waals surface area contributed by atoms with Gasteiger partial charge in [-0.2, -0.15) is 5.26 Å². The van der Waals surface area contributed by atoms with Crippen LogP contribution in [0.3, 0.4) is 0 Å². The van der Waals surface area contributed by atoms with Crippen LogP contribution in [-0.2, 0) is 19.1 Å². The molecule has 152 valence electrons. The Labute approximate surface area is 177 Å². The number of furan rings is 1. The zero-order chi connectivity index (χ0) is 21.8. The molecule has 0 spiro atoms. The van der Waals surface area contributed by atoms with E-state index in [9.17, 15) is 19.6 Å². The molecule has 0 atom stereocenters. The maximum Gasteiger partial charge on any atom is 0.302 e. The quantitative estimate of drug-likeness (QED) is 0.411. The first-order valence-corrected chi connectivity index (χ1v) is 9.38. The molecule has 7 nitrogen and oxygen atoms in total. The largest absolute Gasteiger partial charge is 0.464 e. The normalized spacial score (nSPS) is 15.5. The van der Waals surface area contributed by atoms with Crippen molar-refractivity contribution >= 4 is 35.5 Å². The Morgan fingerprint density at radius 2 is 2.03 bits per heavy atom. The van der Waals surface area contributed by atoms with E-state index in [1.54, 1.807) is 30.3 Å². The lowest BCUT2D eigenvalue weighted by Crippen LogP contribution is -2.44. The molecule has 8 heteroatoms. The van der Waals surface area contributed by atoms with Gasteiger partial charge in [0.25, 0.3) is 11.8 Å². The molecule has 1 aromatic heterocycles. The number of carbonyl (C=O) groups is 3. The van der Waals surface area contributed by atoms with Crippen molar-refractivity contribution in [3.05, 3.63) is 63.9 Å². The van der Waals surface area contributed by atoms with Gasteiger partial charge in [-0.3, -0.25) is 19.3 Å². The van der Waals surface area contributed by atoms with Crippen LogP contribution in [-0.4, -0.2) is 35.8 Å². The first kappa shape index (κ1) is 21.1. The molecular weight excluding hydrogens is 408 g/mol. The Hall–Kier alpha value is -3.63. The Kier molecular flexibility index (Phi) is 6.19. The van der Waals surface area contributed by atoms with Crippen LogP contribution in [0.25, 0.3) is 17.4 Å². The summed E-state index contributed by atoms with van der Waals surface area (Å²) in [6, 6.07) is 12.4. The molecule has 1 aliphatic heterocycles. The fourth-order valence-corrected chi connectivity index (χ4v) is 3.17. The minimum Gasteiger partial charge on any atom is -0.464 e. The van der Waals surface area contributed by atoms with E-state index in [0.717, 1.165) is 10.5 Å². The van der Waals surface area contributed by atoms with E-state index in [-0.39, 0.29) is 29.9 Å². The summed E-state index contributed by atoms with van der Waals surface area (Å²) in [6.07, 6.45) is 1.48. The van der Waals surface area contributed by atoms with Crippen LogP contribution in [0.5, 0.6) is 0 Å². The van der Waals surface area contributed by atoms with Crippen LogP contribution in [0.15, 0.2) is 57.5 Å². The molecule has 1 aliphatic rings. The van der Waals surface area contributed by atoms with Crippen molar-refractivity contribution in [2.24, 2.45) is 0 Å². The Morgan fingerprint density at radius 3 is 2.70 bits per heavy atom. The third-order valence-electron chi connectivity index (χ3n) is 4.47. The van der Waals surface area contributed by atoms with Crippen molar-refractivity contribution in [1.82, 2.24) is 4.90 Å². The van der Waals surface area contributed by atoms with Crippen LogP contribution in [0, 0.1) is 11.3 Å². The predicted molar refractivity (Wildman–Crippen MR) is 109 cm³/mol. The van der Waals surface area contributed by atoms with Gasteiger partial charge in [0.2, 0.25) is 0 Å². The lowest BCUT2D eigenvalue weighted by Gasteiger charge is -2.27. The van der Waals surface area contributed by atoms with E-state index in [1.165, 1.54) is 19.9 Å². The molecule has 0 unspecified atom stereocenters. The molecule has 3 rings (SSSR count). The summed E-state index contributed by atoms with van der Waals surface area (Å²) in [5.41, 5.74) is 1.04. The van der Waals surface area contributed by atoms with Crippen molar-refractivity contribution in [2.75, 3.05) is 13.2 Å². The highest BCUT2D eigenvalue weighted by Gasteiger charge is 2.35. The number of esters is 1. The minimum atomic E-state index is -0.719. The number of halogens is 1. The predicted octanol–water partition coefficient (Wildman–Crippen LogP) is 3.76. The second-order valence-corrected chi connectivity index (χ2v) is 6.92. The molecule has 0 bridgehead atoms. The minimum absolute atomic E-state index is 0.148. The zero-order valence-corrected chi connectivity index (χ0v) is 17.0. The number of hydrogen-bond acceptors (Lipinski definition) is 6. The van der Waals surface area contributed by atoms with Crippen LogP contribution in [0.1, 0.15) is 19.6 Å². The van der Waals surface area contributed by atoms with Gasteiger partial charge in [-0.1, -0.05) is 23.7 Å². The maximum absolute atomic E-state index is 12.9. The summed E-state index contributed by atoms with van der Waals surface area (Å²) in [7, 11) is 0. The van der Waals surface area contributed by atoms with Crippen LogP contribution in [0.2, 0.25) is 5.02 Å². The van der Waals surface area contributed by atoms with Gasteiger partial charge in [0, 0.05) is 23.1 Å². The number of rotatable bonds is 5. The highest BCUT2D eigenvalue weighted by Crippen LogP contribution is 2.29. The van der Waals surface area contributed by atoms with Crippen molar-refractivity contribution in [2.45, 2.75) is 13.8 Å². The number of imide groups is 1. The zero-order valence-electron chi connectivity index (χ0n) is 16.3. The fourth-order valence-electron chi connectivity index (χ4n) is 2.98. The molecule has 0 fully saturated rings. The first-order valence-electron chi connectivity index (χ1n) is 9.00. The van der Waals surface area contributed by atoms with Crippen molar-refractivity contribution in [1.29, 1.82) is 5.26 Å². The van der Waals surface area contributed by atoms with E-state index < -0.39 is 17.8 Å². The Morgan fingerprint density at radius 1 is 1.27 bits per heavy atom. The molecule has 2 aromatic rings. The average molecular weight is 425 g/mol. The summed E-state index contributed by atoms with van der Waals surface area (Å²) in [5, 5.41) is 9.96. The van der Waals surface area contributed by atoms with Crippen LogP contribution < -0.4 is 0 Å². The van der Waals surface area contributed by atoms with Gasteiger partial charge >= 0.3 is 5.97 Å². The number of nitrogens with zero attached hydrogens (tertiary/aromatic N) is 2. The number of ether oxygens (including phenoxy) is 1. The van der Waals surface area contributed by atoms with E-state index in [1.807, 2.05) is 12.1 Å². The smallest absolute Gasteiger partial charge is 0.302 e. The van der Waals surface area contributed by atoms with Crippen molar-refractivity contribution in [3.8, 4) is 17.4 Å². The molecule has 0 saturated carbocycles. The number of nitriles is 1. The molecule has 1 aromatic carbocycles. The molecule has 30 heavy (non-hydrogen) atoms. The Balaban J connectivity index is 1.95. The first-order chi connectivity index (χ1) is 14.3. The molecule has 2 heterocycles. The molecule has 0 N–H and O–H groups in total. The maximum atomic E-state index is 12.9. The molecule has 2 amide bonds. The van der Waals surface area contributed by atoms with Gasteiger partial charge in [-0.05, 0) is 42.8 Å². The highest BCUT2D eigenvalue weighted by molar-refractivity contribution is 6.30. The molecular formula is C22H17ClN2O5. The topological polar surface area (TPSA) is 101 Å². The summed E-state index contributed by atoms with van der Waals surface area (Å²) < 4.78 is 10.6. The summed E-state index contributed by atoms with van der Waals surface area (Å²) in [4.78, 5) is 37.2. The van der Waals surface area contributed by atoms with E-state index in [2.05, 4.69) is 0 Å². The Bertz CT molecular complexity index is 1140. The third-order valence-corrected chi connectivity index (χ3v) is 4.70. The van der Waals surface area contributed by atoms with E-state index in [4.69, 9.17) is 20.8 Å². The van der Waals surface area contributed by atoms with Gasteiger partial charge in [-0.15, -0.1) is 0 Å². The van der Waals surface area contributed by atoms with E-state index in [0.29, 0.717) is 16.5 Å². The summed E-state index contributed by atoms with van der Waals surface area (Å²) >= 11 is 6.01. The van der Waals surface area contributed by atoms with Gasteiger partial charge in [0.1, 0.15) is 29.8 Å². The lowest BCUT2D eigenvalue weighted by atomic mass is 9.94. The van der Waals surface area contributed by atoms with Gasteiger partial charge in [-0.25, -0.2) is 0 Å². The standard InChI is InChI=1S/C22H17ClN2O5/c1-13-18(11-17-6-7-20(30-17)15-4-3-5-16(23)10-15)21(27)25(8-9-29-14(2)26)22(28)19(13)12-24/h3-7,10-11H,8-9H2,1-2H3/b18-11+. The molecule has 0 radical (unpaired) electrons. The number of hydrogen-bond donors (Lipinski definition) is 0. The van der Waals surface area contributed by atoms with Crippen LogP contribution in [0.4, 0.5) is 0 Å². The lowest BCUT2D eigenvalue weighted by molar-refractivity contribution is -0.147. The number of amides is 2. The van der Waals surface area contributed by atoms with Gasteiger partial charge in [0.15, 0.2) is 0 Å². The summed E-state index contributed by atoms with van der Waals surface area (Å²) in [6.45, 7) is 2.45. The fraction of sp³-hybridized carbons (Fsp3) is 0.182. The SMILES string of the molecule is CC(=O)OCCN1C(=O)C(C#N)=C(C)/C(=C\c2ccc(-c3cccc(Cl)c3)o2)C1=O. The number of benzene rings is 1. The average Bonchev–Trinajstić information content (AvgIpc) is 3.17. The second-order valence-electron chi connectivity index (χ2n) is 6.48. The monoisotopic (exact) mass is 424 g/mol. The third kappa shape index (κ3) is 4.34. The highest BCUT2D eigenvalue weighted by atomic mass is 35.5. The molecule has 0 aliphatic carbocycles. The second kappa shape index (κ2) is 8.80. The molecule has 0 saturated heterocycles. The summed E-state index contributed by atoms with van der Waals surface area (Å²) in [5.74, 6) is -0.913. The van der Waals surface area contributed by atoms with Crippen LogP contribution >= 0.6 is 11.6 Å².